The van der Waals surface area contributed by atoms with Gasteiger partial charge in [-0.1, -0.05) is 45.0 Å². The number of anilines is 1. The molecule has 0 saturated carbocycles. The molecule has 0 aliphatic heterocycles. The molecule has 1 heterocycles. The molecule has 1 aromatic heterocycles. The lowest BCUT2D eigenvalue weighted by Crippen LogP contribution is -2.31. The Labute approximate surface area is 201 Å². The van der Waals surface area contributed by atoms with Crippen molar-refractivity contribution in [3.63, 3.8) is 0 Å². The minimum atomic E-state index is -0.264. The van der Waals surface area contributed by atoms with Gasteiger partial charge in [-0.25, -0.2) is 4.79 Å². The molecule has 0 fully saturated rings. The van der Waals surface area contributed by atoms with E-state index in [1.54, 1.807) is 7.05 Å². The van der Waals surface area contributed by atoms with Crippen molar-refractivity contribution in [2.24, 2.45) is 0 Å². The first kappa shape index (κ1) is 22.7. The van der Waals surface area contributed by atoms with Gasteiger partial charge < -0.3 is 16.0 Å². The normalized spacial score (nSPS) is 15.6. The molecule has 1 aliphatic rings. The third-order valence-electron chi connectivity index (χ3n) is 5.87. The quantitative estimate of drug-likeness (QED) is 0.418. The number of amides is 2. The van der Waals surface area contributed by atoms with E-state index in [9.17, 15) is 9.59 Å². The molecule has 8 heteroatoms. The number of urea groups is 1. The van der Waals surface area contributed by atoms with Gasteiger partial charge in [-0.3, -0.25) is 4.79 Å². The summed E-state index contributed by atoms with van der Waals surface area (Å²) in [4.78, 5) is 25.2. The topological polar surface area (TPSA) is 88.1 Å². The van der Waals surface area contributed by atoms with Crippen molar-refractivity contribution >= 4 is 51.1 Å². The Hall–Kier alpha value is -2.46. The third kappa shape index (κ3) is 4.38. The number of fused-ring (bicyclic) bond motifs is 2. The standard InChI is InChI=1S/C24H28IN5O2/c1-24(2,3)15-9-10-16-14(12-15)8-11-17(16)27-23(32)28-18-6-5-7-19-21(18)22(25)29-30(19)20(31)13-26-4/h5-7,9-10,12,17,26H,8,11,13H2,1-4H3,(H2,27,28,32). The summed E-state index contributed by atoms with van der Waals surface area (Å²) in [6.45, 7) is 6.82. The van der Waals surface area contributed by atoms with E-state index >= 15 is 0 Å². The highest BCUT2D eigenvalue weighted by Crippen LogP contribution is 2.35. The fourth-order valence-corrected chi connectivity index (χ4v) is 4.98. The highest BCUT2D eigenvalue weighted by molar-refractivity contribution is 14.1. The Morgan fingerprint density at radius 2 is 2.00 bits per heavy atom. The van der Waals surface area contributed by atoms with E-state index < -0.39 is 0 Å². The minimum Gasteiger partial charge on any atom is -0.331 e. The molecule has 1 unspecified atom stereocenters. The maximum absolute atomic E-state index is 12.9. The van der Waals surface area contributed by atoms with E-state index in [0.717, 1.165) is 18.2 Å². The number of nitrogens with zero attached hydrogens (tertiary/aromatic N) is 2. The van der Waals surface area contributed by atoms with Gasteiger partial charge in [-0.2, -0.15) is 9.78 Å². The average molecular weight is 545 g/mol. The lowest BCUT2D eigenvalue weighted by Gasteiger charge is -2.21. The number of aromatic nitrogens is 2. The molecule has 168 valence electrons. The number of likely N-dealkylation sites (N-methyl/N-ethyl adjacent to an activating group) is 1. The summed E-state index contributed by atoms with van der Waals surface area (Å²) in [6, 6.07) is 11.8. The number of carbonyl (C=O) groups is 2. The molecule has 1 aliphatic carbocycles. The van der Waals surface area contributed by atoms with Crippen LogP contribution < -0.4 is 16.0 Å². The first-order chi connectivity index (χ1) is 15.2. The van der Waals surface area contributed by atoms with Crippen molar-refractivity contribution in [1.82, 2.24) is 20.4 Å². The van der Waals surface area contributed by atoms with Gasteiger partial charge in [0.25, 0.3) is 5.91 Å². The Morgan fingerprint density at radius 1 is 1.22 bits per heavy atom. The lowest BCUT2D eigenvalue weighted by atomic mass is 9.85. The summed E-state index contributed by atoms with van der Waals surface area (Å²) in [5, 5.41) is 14.1. The predicted octanol–water partition coefficient (Wildman–Crippen LogP) is 4.61. The Morgan fingerprint density at radius 3 is 2.72 bits per heavy atom. The number of hydrogen-bond donors (Lipinski definition) is 3. The maximum atomic E-state index is 12.9. The summed E-state index contributed by atoms with van der Waals surface area (Å²) in [5.74, 6) is -0.154. The largest absolute Gasteiger partial charge is 0.331 e. The number of aryl methyl sites for hydroxylation is 1. The van der Waals surface area contributed by atoms with Crippen molar-refractivity contribution in [3.8, 4) is 0 Å². The second kappa shape index (κ2) is 8.82. The van der Waals surface area contributed by atoms with Crippen molar-refractivity contribution in [1.29, 1.82) is 0 Å². The van der Waals surface area contributed by atoms with Gasteiger partial charge in [0.2, 0.25) is 0 Å². The van der Waals surface area contributed by atoms with Crippen LogP contribution in [0.2, 0.25) is 0 Å². The van der Waals surface area contributed by atoms with Crippen molar-refractivity contribution in [3.05, 3.63) is 56.8 Å². The van der Waals surface area contributed by atoms with Crippen molar-refractivity contribution in [2.75, 3.05) is 18.9 Å². The molecule has 2 amide bonds. The molecule has 7 nitrogen and oxygen atoms in total. The fraction of sp³-hybridized carbons (Fsp3) is 0.375. The number of benzene rings is 2. The molecule has 1 atom stereocenters. The van der Waals surface area contributed by atoms with Gasteiger partial charge >= 0.3 is 6.03 Å². The van der Waals surface area contributed by atoms with Gasteiger partial charge in [-0.05, 0) is 76.7 Å². The van der Waals surface area contributed by atoms with Crippen LogP contribution in [0.1, 0.15) is 54.7 Å². The van der Waals surface area contributed by atoms with Gasteiger partial charge in [0.05, 0.1) is 29.2 Å². The minimum absolute atomic E-state index is 0.0165. The highest BCUT2D eigenvalue weighted by Gasteiger charge is 2.26. The summed E-state index contributed by atoms with van der Waals surface area (Å²) in [6.07, 6.45) is 1.84. The molecule has 3 N–H and O–H groups in total. The van der Waals surface area contributed by atoms with Crippen LogP contribution in [0, 0.1) is 3.70 Å². The van der Waals surface area contributed by atoms with Gasteiger partial charge in [0.15, 0.2) is 0 Å². The third-order valence-corrected chi connectivity index (χ3v) is 6.62. The van der Waals surface area contributed by atoms with Crippen LogP contribution in [-0.2, 0) is 11.8 Å². The molecule has 0 saturated heterocycles. The SMILES string of the molecule is CNCC(=O)n1nc(I)c2c(NC(=O)NC3CCc4cc(C(C)(C)C)ccc43)cccc21. The molecule has 0 bridgehead atoms. The van der Waals surface area contributed by atoms with Gasteiger partial charge in [0.1, 0.15) is 3.70 Å². The number of nitrogens with one attached hydrogen (secondary N) is 3. The van der Waals surface area contributed by atoms with Crippen LogP contribution in [0.5, 0.6) is 0 Å². The number of rotatable bonds is 4. The average Bonchev–Trinajstić information content (AvgIpc) is 3.29. The number of carbonyl (C=O) groups excluding carboxylic acids is 2. The van der Waals surface area contributed by atoms with E-state index in [4.69, 9.17) is 0 Å². The Kier molecular flexibility index (Phi) is 6.26. The maximum Gasteiger partial charge on any atom is 0.319 e. The summed E-state index contributed by atoms with van der Waals surface area (Å²) in [5.41, 5.74) is 5.22. The molecule has 0 radical (unpaired) electrons. The van der Waals surface area contributed by atoms with Crippen LogP contribution in [-0.4, -0.2) is 35.3 Å². The summed E-state index contributed by atoms with van der Waals surface area (Å²) >= 11 is 2.10. The highest BCUT2D eigenvalue weighted by atomic mass is 127. The zero-order chi connectivity index (χ0) is 23.0. The van der Waals surface area contributed by atoms with Gasteiger partial charge in [-0.15, -0.1) is 0 Å². The fourth-order valence-electron chi connectivity index (χ4n) is 4.20. The van der Waals surface area contributed by atoms with Crippen LogP contribution in [0.4, 0.5) is 10.5 Å². The zero-order valence-electron chi connectivity index (χ0n) is 18.8. The smallest absolute Gasteiger partial charge is 0.319 e. The molecule has 0 spiro atoms. The summed E-state index contributed by atoms with van der Waals surface area (Å²) in [7, 11) is 1.72. The molecular weight excluding hydrogens is 517 g/mol. The Balaban J connectivity index is 1.53. The Bertz CT molecular complexity index is 1200. The number of halogens is 1. The lowest BCUT2D eigenvalue weighted by molar-refractivity contribution is 0.0904. The van der Waals surface area contributed by atoms with Crippen LogP contribution in [0.3, 0.4) is 0 Å². The van der Waals surface area contributed by atoms with Crippen molar-refractivity contribution in [2.45, 2.75) is 45.1 Å². The van der Waals surface area contributed by atoms with Crippen molar-refractivity contribution < 1.29 is 9.59 Å². The van der Waals surface area contributed by atoms with E-state index in [1.807, 2.05) is 18.2 Å². The predicted molar refractivity (Wildman–Crippen MR) is 135 cm³/mol. The van der Waals surface area contributed by atoms with E-state index in [0.29, 0.717) is 14.9 Å². The molecule has 3 aromatic rings. The summed E-state index contributed by atoms with van der Waals surface area (Å²) < 4.78 is 2.05. The molecule has 32 heavy (non-hydrogen) atoms. The van der Waals surface area contributed by atoms with E-state index in [2.05, 4.69) is 82.6 Å². The van der Waals surface area contributed by atoms with Crippen LogP contribution in [0.15, 0.2) is 36.4 Å². The first-order valence-corrected chi connectivity index (χ1v) is 11.8. The molecule has 4 rings (SSSR count). The second-order valence-electron chi connectivity index (χ2n) is 9.18. The van der Waals surface area contributed by atoms with Crippen LogP contribution >= 0.6 is 22.6 Å². The monoisotopic (exact) mass is 545 g/mol. The van der Waals surface area contributed by atoms with Crippen LogP contribution in [0.25, 0.3) is 10.9 Å². The second-order valence-corrected chi connectivity index (χ2v) is 10.2. The zero-order valence-corrected chi connectivity index (χ0v) is 20.9. The van der Waals surface area contributed by atoms with E-state index in [1.165, 1.54) is 21.4 Å². The van der Waals surface area contributed by atoms with Gasteiger partial charge in [0, 0.05) is 0 Å². The molecular formula is C24H28IN5O2. The molecule has 2 aromatic carbocycles. The number of hydrogen-bond acceptors (Lipinski definition) is 4. The van der Waals surface area contributed by atoms with E-state index in [-0.39, 0.29) is 29.9 Å². The first-order valence-electron chi connectivity index (χ1n) is 10.7.